The molecule has 1 amide bonds. The highest BCUT2D eigenvalue weighted by Gasteiger charge is 2.40. The predicted octanol–water partition coefficient (Wildman–Crippen LogP) is 2.06. The lowest BCUT2D eigenvalue weighted by Gasteiger charge is -2.38. The van der Waals surface area contributed by atoms with Gasteiger partial charge in [0.25, 0.3) is 0 Å². The Morgan fingerprint density at radius 1 is 1.12 bits per heavy atom. The van der Waals surface area contributed by atoms with Crippen LogP contribution in [-0.2, 0) is 4.79 Å². The maximum Gasteiger partial charge on any atom is 0.228 e. The highest BCUT2D eigenvalue weighted by molar-refractivity contribution is 6.30. The fourth-order valence-electron chi connectivity index (χ4n) is 4.64. The van der Waals surface area contributed by atoms with E-state index in [0.717, 1.165) is 38.5 Å². The quantitative estimate of drug-likeness (QED) is 0.844. The molecule has 3 aliphatic rings. The van der Waals surface area contributed by atoms with E-state index in [4.69, 9.17) is 11.6 Å². The number of pyridine rings is 1. The van der Waals surface area contributed by atoms with E-state index in [-0.39, 0.29) is 5.92 Å². The lowest BCUT2D eigenvalue weighted by molar-refractivity contribution is -0.136. The number of carbonyl (C=O) groups excluding carboxylic acids is 1. The van der Waals surface area contributed by atoms with Gasteiger partial charge in [0, 0.05) is 45.0 Å². The Hall–Kier alpha value is -1.37. The van der Waals surface area contributed by atoms with E-state index in [9.17, 15) is 4.79 Å². The number of hydrogen-bond acceptors (Lipinski definition) is 5. The summed E-state index contributed by atoms with van der Waals surface area (Å²) in [6.45, 7) is 3.91. The van der Waals surface area contributed by atoms with Gasteiger partial charge in [0.1, 0.15) is 5.82 Å². The zero-order valence-electron chi connectivity index (χ0n) is 15.2. The van der Waals surface area contributed by atoms with Gasteiger partial charge in [-0.25, -0.2) is 4.98 Å². The minimum absolute atomic E-state index is 0.0679. The SMILES string of the molecule is O=C(C1CNNC1C1CCCCC1)N1CCN(c2ccc(Cl)cn2)CC1. The van der Waals surface area contributed by atoms with Crippen molar-refractivity contribution in [3.05, 3.63) is 23.4 Å². The number of amides is 1. The molecule has 142 valence electrons. The van der Waals surface area contributed by atoms with Crippen molar-refractivity contribution in [1.82, 2.24) is 20.7 Å². The van der Waals surface area contributed by atoms with Crippen molar-refractivity contribution in [1.29, 1.82) is 0 Å². The van der Waals surface area contributed by atoms with E-state index in [0.29, 0.717) is 22.9 Å². The Morgan fingerprint density at radius 2 is 1.88 bits per heavy atom. The Kier molecular flexibility index (Phi) is 5.62. The van der Waals surface area contributed by atoms with Gasteiger partial charge in [-0.2, -0.15) is 0 Å². The molecule has 26 heavy (non-hydrogen) atoms. The van der Waals surface area contributed by atoms with Gasteiger partial charge in [0.2, 0.25) is 5.91 Å². The Morgan fingerprint density at radius 3 is 2.58 bits per heavy atom. The molecule has 0 spiro atoms. The van der Waals surface area contributed by atoms with Crippen LogP contribution in [0, 0.1) is 11.8 Å². The summed E-state index contributed by atoms with van der Waals surface area (Å²) in [4.78, 5) is 21.8. The smallest absolute Gasteiger partial charge is 0.228 e. The van der Waals surface area contributed by atoms with Crippen LogP contribution in [0.2, 0.25) is 5.02 Å². The van der Waals surface area contributed by atoms with Gasteiger partial charge < -0.3 is 9.80 Å². The lowest BCUT2D eigenvalue weighted by Crippen LogP contribution is -2.53. The summed E-state index contributed by atoms with van der Waals surface area (Å²) in [5.41, 5.74) is 6.66. The largest absolute Gasteiger partial charge is 0.353 e. The number of halogens is 1. The summed E-state index contributed by atoms with van der Waals surface area (Å²) < 4.78 is 0. The van der Waals surface area contributed by atoms with Gasteiger partial charge in [-0.15, -0.1) is 0 Å². The Bertz CT molecular complexity index is 611. The molecule has 1 saturated carbocycles. The third-order valence-electron chi connectivity index (χ3n) is 6.13. The third kappa shape index (κ3) is 3.82. The van der Waals surface area contributed by atoms with Crippen LogP contribution < -0.4 is 15.8 Å². The highest BCUT2D eigenvalue weighted by Crippen LogP contribution is 2.31. The number of nitrogens with one attached hydrogen (secondary N) is 2. The van der Waals surface area contributed by atoms with Crippen molar-refractivity contribution in [2.24, 2.45) is 11.8 Å². The van der Waals surface area contributed by atoms with Crippen molar-refractivity contribution in [2.75, 3.05) is 37.6 Å². The van der Waals surface area contributed by atoms with Crippen LogP contribution >= 0.6 is 11.6 Å². The Balaban J connectivity index is 1.34. The zero-order chi connectivity index (χ0) is 17.9. The second-order valence-corrected chi connectivity index (χ2v) is 8.14. The molecule has 2 aliphatic heterocycles. The molecular formula is C19H28ClN5O. The van der Waals surface area contributed by atoms with Crippen LogP contribution in [0.15, 0.2) is 18.3 Å². The molecule has 3 fully saturated rings. The molecule has 0 aromatic carbocycles. The number of piperazine rings is 1. The van der Waals surface area contributed by atoms with Crippen LogP contribution in [0.4, 0.5) is 5.82 Å². The first-order chi connectivity index (χ1) is 12.7. The van der Waals surface area contributed by atoms with Crippen LogP contribution in [0.3, 0.4) is 0 Å². The lowest BCUT2D eigenvalue weighted by atomic mass is 9.79. The fraction of sp³-hybridized carbons (Fsp3) is 0.684. The van der Waals surface area contributed by atoms with Gasteiger partial charge in [-0.3, -0.25) is 15.6 Å². The van der Waals surface area contributed by atoms with Crippen LogP contribution in [0.5, 0.6) is 0 Å². The number of hydrazine groups is 1. The summed E-state index contributed by atoms with van der Waals surface area (Å²) in [6, 6.07) is 4.11. The average Bonchev–Trinajstić information content (AvgIpc) is 3.19. The van der Waals surface area contributed by atoms with E-state index < -0.39 is 0 Å². The number of nitrogens with zero attached hydrogens (tertiary/aromatic N) is 3. The molecule has 6 nitrogen and oxygen atoms in total. The van der Waals surface area contributed by atoms with E-state index in [1.807, 2.05) is 17.0 Å². The molecular weight excluding hydrogens is 350 g/mol. The monoisotopic (exact) mass is 377 g/mol. The molecule has 1 aliphatic carbocycles. The summed E-state index contributed by atoms with van der Waals surface area (Å²) in [7, 11) is 0. The summed E-state index contributed by atoms with van der Waals surface area (Å²) in [5.74, 6) is 1.94. The molecule has 2 N–H and O–H groups in total. The number of hydrogen-bond donors (Lipinski definition) is 2. The number of anilines is 1. The first kappa shape index (κ1) is 18.0. The first-order valence-corrected chi connectivity index (χ1v) is 10.2. The molecule has 0 radical (unpaired) electrons. The maximum atomic E-state index is 13.1. The van der Waals surface area contributed by atoms with Gasteiger partial charge in [0.15, 0.2) is 0 Å². The molecule has 2 atom stereocenters. The Labute approximate surface area is 160 Å². The van der Waals surface area contributed by atoms with Crippen LogP contribution in [0.25, 0.3) is 0 Å². The van der Waals surface area contributed by atoms with Crippen molar-refractivity contribution in [3.63, 3.8) is 0 Å². The molecule has 4 rings (SSSR count). The van der Waals surface area contributed by atoms with E-state index in [1.165, 1.54) is 32.1 Å². The molecule has 1 aromatic rings. The summed E-state index contributed by atoms with van der Waals surface area (Å²) in [5, 5.41) is 0.651. The van der Waals surface area contributed by atoms with Crippen LogP contribution in [0.1, 0.15) is 32.1 Å². The van der Waals surface area contributed by atoms with Gasteiger partial charge in [-0.05, 0) is 30.9 Å². The fourth-order valence-corrected chi connectivity index (χ4v) is 4.75. The average molecular weight is 378 g/mol. The molecule has 3 heterocycles. The standard InChI is InChI=1S/C19H28ClN5O/c20-15-6-7-17(21-12-15)24-8-10-25(11-9-24)19(26)16-13-22-23-18(16)14-4-2-1-3-5-14/h6-7,12,14,16,18,22-23H,1-5,8-11,13H2. The maximum absolute atomic E-state index is 13.1. The van der Waals surface area contributed by atoms with E-state index >= 15 is 0 Å². The molecule has 2 unspecified atom stereocenters. The van der Waals surface area contributed by atoms with Crippen LogP contribution in [-0.4, -0.2) is 54.6 Å². The van der Waals surface area contributed by atoms with E-state index in [2.05, 4.69) is 20.7 Å². The number of aromatic nitrogens is 1. The van der Waals surface area contributed by atoms with Crippen molar-refractivity contribution in [3.8, 4) is 0 Å². The topological polar surface area (TPSA) is 60.5 Å². The normalized spacial score (nSPS) is 27.7. The summed E-state index contributed by atoms with van der Waals surface area (Å²) in [6.07, 6.45) is 8.13. The molecule has 0 bridgehead atoms. The second-order valence-electron chi connectivity index (χ2n) is 7.70. The minimum atomic E-state index is 0.0679. The second kappa shape index (κ2) is 8.11. The van der Waals surface area contributed by atoms with Gasteiger partial charge in [-0.1, -0.05) is 30.9 Å². The third-order valence-corrected chi connectivity index (χ3v) is 6.35. The molecule has 7 heteroatoms. The number of rotatable bonds is 3. The zero-order valence-corrected chi connectivity index (χ0v) is 15.9. The van der Waals surface area contributed by atoms with Crippen molar-refractivity contribution >= 4 is 23.3 Å². The first-order valence-electron chi connectivity index (χ1n) is 9.86. The minimum Gasteiger partial charge on any atom is -0.353 e. The van der Waals surface area contributed by atoms with E-state index in [1.54, 1.807) is 6.20 Å². The molecule has 2 saturated heterocycles. The number of carbonyl (C=O) groups is 1. The van der Waals surface area contributed by atoms with Crippen molar-refractivity contribution in [2.45, 2.75) is 38.1 Å². The van der Waals surface area contributed by atoms with Crippen molar-refractivity contribution < 1.29 is 4.79 Å². The highest BCUT2D eigenvalue weighted by atomic mass is 35.5. The predicted molar refractivity (Wildman–Crippen MR) is 103 cm³/mol. The molecule has 1 aromatic heterocycles. The van der Waals surface area contributed by atoms with Gasteiger partial charge in [0.05, 0.1) is 10.9 Å². The van der Waals surface area contributed by atoms with Gasteiger partial charge >= 0.3 is 0 Å². The summed E-state index contributed by atoms with van der Waals surface area (Å²) >= 11 is 5.92.